The zero-order valence-electron chi connectivity index (χ0n) is 12.2. The highest BCUT2D eigenvalue weighted by Crippen LogP contribution is 2.29. The maximum Gasteiger partial charge on any atom is 0.239 e. The predicted octanol–water partition coefficient (Wildman–Crippen LogP) is 2.53. The van der Waals surface area contributed by atoms with E-state index in [0.29, 0.717) is 6.42 Å². The van der Waals surface area contributed by atoms with E-state index in [1.807, 2.05) is 30.9 Å². The Morgan fingerprint density at radius 2 is 2.05 bits per heavy atom. The van der Waals surface area contributed by atoms with Crippen molar-refractivity contribution in [1.82, 2.24) is 10.2 Å². The maximum atomic E-state index is 13.9. The molecule has 0 radical (unpaired) electrons. The molecule has 0 spiro atoms. The zero-order chi connectivity index (χ0) is 14.5. The Kier molecular flexibility index (Phi) is 5.12. The van der Waals surface area contributed by atoms with Crippen LogP contribution in [-0.4, -0.2) is 36.5 Å². The van der Waals surface area contributed by atoms with Crippen LogP contribution in [0.25, 0.3) is 0 Å². The Bertz CT molecular complexity index is 460. The second kappa shape index (κ2) is 6.84. The monoisotopic (exact) mass is 278 g/mol. The van der Waals surface area contributed by atoms with Gasteiger partial charge in [-0.2, -0.15) is 0 Å². The lowest BCUT2D eigenvalue weighted by Gasteiger charge is -2.33. The van der Waals surface area contributed by atoms with Gasteiger partial charge in [0.2, 0.25) is 5.91 Å². The van der Waals surface area contributed by atoms with Crippen LogP contribution in [0.1, 0.15) is 38.2 Å². The molecule has 1 fully saturated rings. The second-order valence-electron chi connectivity index (χ2n) is 5.26. The van der Waals surface area contributed by atoms with Crippen molar-refractivity contribution in [3.63, 3.8) is 0 Å². The van der Waals surface area contributed by atoms with Crippen LogP contribution in [0.5, 0.6) is 0 Å². The van der Waals surface area contributed by atoms with Gasteiger partial charge in [-0.25, -0.2) is 4.39 Å². The summed E-state index contributed by atoms with van der Waals surface area (Å²) in [7, 11) is 0. The Hall–Kier alpha value is -1.42. The average molecular weight is 278 g/mol. The van der Waals surface area contributed by atoms with E-state index in [9.17, 15) is 9.18 Å². The number of nitrogens with one attached hydrogen (secondary N) is 1. The second-order valence-corrected chi connectivity index (χ2v) is 5.26. The first-order valence-corrected chi connectivity index (χ1v) is 7.44. The maximum absolute atomic E-state index is 13.9. The summed E-state index contributed by atoms with van der Waals surface area (Å²) in [5.74, 6) is 0.103. The summed E-state index contributed by atoms with van der Waals surface area (Å²) < 4.78 is 13.9. The molecule has 0 saturated carbocycles. The number of benzene rings is 1. The zero-order valence-corrected chi connectivity index (χ0v) is 12.2. The Labute approximate surface area is 120 Å². The molecule has 1 amide bonds. The molecule has 1 aliphatic rings. The van der Waals surface area contributed by atoms with Crippen LogP contribution in [0, 0.1) is 5.82 Å². The molecule has 0 aromatic heterocycles. The van der Waals surface area contributed by atoms with E-state index in [1.54, 1.807) is 6.07 Å². The van der Waals surface area contributed by atoms with E-state index in [-0.39, 0.29) is 23.7 Å². The molecular weight excluding hydrogens is 255 g/mol. The fourth-order valence-electron chi connectivity index (χ4n) is 2.95. The number of nitrogens with zero attached hydrogens (tertiary/aromatic N) is 1. The van der Waals surface area contributed by atoms with Gasteiger partial charge in [-0.1, -0.05) is 18.2 Å². The summed E-state index contributed by atoms with van der Waals surface area (Å²) in [5.41, 5.74) is 0.742. The van der Waals surface area contributed by atoms with E-state index in [4.69, 9.17) is 0 Å². The van der Waals surface area contributed by atoms with Crippen LogP contribution in [0.3, 0.4) is 0 Å². The number of piperidine rings is 1. The number of amides is 1. The molecule has 1 aromatic rings. The summed E-state index contributed by atoms with van der Waals surface area (Å²) >= 11 is 0. The van der Waals surface area contributed by atoms with Gasteiger partial charge in [-0.05, 0) is 50.8 Å². The minimum Gasteiger partial charge on any atom is -0.342 e. The molecule has 3 nitrogen and oxygen atoms in total. The third kappa shape index (κ3) is 3.18. The summed E-state index contributed by atoms with van der Waals surface area (Å²) in [6, 6.07) is 6.72. The van der Waals surface area contributed by atoms with Crippen molar-refractivity contribution < 1.29 is 9.18 Å². The van der Waals surface area contributed by atoms with E-state index in [1.165, 1.54) is 6.07 Å². The molecule has 0 aliphatic carbocycles. The Morgan fingerprint density at radius 3 is 2.70 bits per heavy atom. The van der Waals surface area contributed by atoms with E-state index in [0.717, 1.165) is 31.6 Å². The number of hydrogen-bond acceptors (Lipinski definition) is 2. The van der Waals surface area contributed by atoms with Gasteiger partial charge >= 0.3 is 0 Å². The highest BCUT2D eigenvalue weighted by atomic mass is 19.1. The lowest BCUT2D eigenvalue weighted by molar-refractivity contribution is -0.133. The summed E-state index contributed by atoms with van der Waals surface area (Å²) in [5, 5.41) is 3.27. The summed E-state index contributed by atoms with van der Waals surface area (Å²) in [6.45, 7) is 6.17. The van der Waals surface area contributed by atoms with Crippen LogP contribution in [-0.2, 0) is 4.79 Å². The lowest BCUT2D eigenvalue weighted by Crippen LogP contribution is -2.49. The van der Waals surface area contributed by atoms with Gasteiger partial charge < -0.3 is 10.2 Å². The fraction of sp³-hybridized carbons (Fsp3) is 0.562. The number of rotatable bonds is 4. The highest BCUT2D eigenvalue weighted by molar-refractivity contribution is 5.82. The van der Waals surface area contributed by atoms with Crippen LogP contribution in [0.15, 0.2) is 24.3 Å². The van der Waals surface area contributed by atoms with Gasteiger partial charge in [-0.3, -0.25) is 4.79 Å². The molecule has 20 heavy (non-hydrogen) atoms. The van der Waals surface area contributed by atoms with Crippen LogP contribution in [0.4, 0.5) is 4.39 Å². The van der Waals surface area contributed by atoms with Crippen molar-refractivity contribution in [3.05, 3.63) is 35.6 Å². The number of hydrogen-bond donors (Lipinski definition) is 1. The third-order valence-electron chi connectivity index (χ3n) is 4.12. The Balaban J connectivity index is 2.09. The normalized spacial score (nSPS) is 22.6. The summed E-state index contributed by atoms with van der Waals surface area (Å²) in [6.07, 6.45) is 1.55. The molecule has 0 bridgehead atoms. The van der Waals surface area contributed by atoms with Gasteiger partial charge in [-0.15, -0.1) is 0 Å². The minimum absolute atomic E-state index is 0.127. The first-order valence-electron chi connectivity index (χ1n) is 7.44. The standard InChI is InChI=1S/C16H23FN2O/c1-3-19(4-2)16(20)15-11-12(9-10-18-15)13-7-5-6-8-14(13)17/h5-8,12,15,18H,3-4,9-11H2,1-2H3. The minimum atomic E-state index is -0.187. The van der Waals surface area contributed by atoms with Crippen molar-refractivity contribution >= 4 is 5.91 Å². The molecule has 1 aromatic carbocycles. The number of carbonyl (C=O) groups excluding carboxylic acids is 1. The smallest absolute Gasteiger partial charge is 0.239 e. The molecule has 2 atom stereocenters. The molecule has 4 heteroatoms. The van der Waals surface area contributed by atoms with Gasteiger partial charge in [0, 0.05) is 13.1 Å². The topological polar surface area (TPSA) is 32.3 Å². The van der Waals surface area contributed by atoms with Crippen molar-refractivity contribution in [2.24, 2.45) is 0 Å². The lowest BCUT2D eigenvalue weighted by atomic mass is 9.85. The Morgan fingerprint density at radius 1 is 1.35 bits per heavy atom. The van der Waals surface area contributed by atoms with E-state index >= 15 is 0 Å². The van der Waals surface area contributed by atoms with Crippen molar-refractivity contribution in [2.75, 3.05) is 19.6 Å². The molecule has 2 unspecified atom stereocenters. The van der Waals surface area contributed by atoms with Crippen LogP contribution >= 0.6 is 0 Å². The van der Waals surface area contributed by atoms with Crippen LogP contribution in [0.2, 0.25) is 0 Å². The van der Waals surface area contributed by atoms with Gasteiger partial charge in [0.25, 0.3) is 0 Å². The van der Waals surface area contributed by atoms with Crippen LogP contribution < -0.4 is 5.32 Å². The molecule has 1 saturated heterocycles. The molecule has 110 valence electrons. The fourth-order valence-corrected chi connectivity index (χ4v) is 2.95. The van der Waals surface area contributed by atoms with Crippen molar-refractivity contribution in [1.29, 1.82) is 0 Å². The predicted molar refractivity (Wildman–Crippen MR) is 78.1 cm³/mol. The van der Waals surface area contributed by atoms with Gasteiger partial charge in [0.05, 0.1) is 6.04 Å². The first-order chi connectivity index (χ1) is 9.67. The number of likely N-dealkylation sites (N-methyl/N-ethyl adjacent to an activating group) is 1. The number of halogens is 1. The highest BCUT2D eigenvalue weighted by Gasteiger charge is 2.30. The van der Waals surface area contributed by atoms with E-state index < -0.39 is 0 Å². The number of carbonyl (C=O) groups is 1. The molecule has 1 heterocycles. The first kappa shape index (κ1) is 15.0. The molecule has 1 aliphatic heterocycles. The SMILES string of the molecule is CCN(CC)C(=O)C1CC(c2ccccc2F)CCN1. The summed E-state index contributed by atoms with van der Waals surface area (Å²) in [4.78, 5) is 14.2. The van der Waals surface area contributed by atoms with Gasteiger partial charge in [0.1, 0.15) is 5.82 Å². The van der Waals surface area contributed by atoms with E-state index in [2.05, 4.69) is 5.32 Å². The average Bonchev–Trinajstić information content (AvgIpc) is 2.49. The molecule has 1 N–H and O–H groups in total. The third-order valence-corrected chi connectivity index (χ3v) is 4.12. The quantitative estimate of drug-likeness (QED) is 0.918. The van der Waals surface area contributed by atoms with Gasteiger partial charge in [0.15, 0.2) is 0 Å². The largest absolute Gasteiger partial charge is 0.342 e. The van der Waals surface area contributed by atoms with Crippen molar-refractivity contribution in [2.45, 2.75) is 38.6 Å². The van der Waals surface area contributed by atoms with Crippen molar-refractivity contribution in [3.8, 4) is 0 Å². The molecular formula is C16H23FN2O. The molecule has 2 rings (SSSR count).